The lowest BCUT2D eigenvalue weighted by Gasteiger charge is -2.34. The van der Waals surface area contributed by atoms with E-state index in [9.17, 15) is 14.9 Å². The molecule has 1 aromatic carbocycles. The second-order valence-corrected chi connectivity index (χ2v) is 5.96. The lowest BCUT2D eigenvalue weighted by molar-refractivity contribution is -0.385. The molecule has 1 amide bonds. The molecule has 1 heterocycles. The van der Waals surface area contributed by atoms with E-state index in [0.29, 0.717) is 16.6 Å². The Morgan fingerprint density at radius 3 is 2.86 bits per heavy atom. The zero-order valence-corrected chi connectivity index (χ0v) is 13.4. The number of halogens is 1. The summed E-state index contributed by atoms with van der Waals surface area (Å²) in [6.45, 7) is 4.27. The Labute approximate surface area is 131 Å². The van der Waals surface area contributed by atoms with Gasteiger partial charge in [0.2, 0.25) is 0 Å². The number of nitrogens with zero attached hydrogens (tertiary/aromatic N) is 2. The molecule has 1 aromatic rings. The van der Waals surface area contributed by atoms with Gasteiger partial charge < -0.3 is 10.2 Å². The number of hydrogen-bond acceptors (Lipinski definition) is 4. The molecule has 0 saturated carbocycles. The van der Waals surface area contributed by atoms with Crippen LogP contribution in [0.3, 0.4) is 0 Å². The number of nitro groups is 1. The predicted molar refractivity (Wildman–Crippen MR) is 83.4 cm³/mol. The SMILES string of the molecule is CCN(C(=O)c1cc(Br)cc([N+](=O)[O-])c1)C1CCCNC1. The number of carbonyl (C=O) groups excluding carboxylic acids is 1. The Balaban J connectivity index is 2.26. The third kappa shape index (κ3) is 3.79. The van der Waals surface area contributed by atoms with Crippen molar-refractivity contribution in [3.8, 4) is 0 Å². The molecule has 0 spiro atoms. The van der Waals surface area contributed by atoms with Gasteiger partial charge in [0.05, 0.1) is 4.92 Å². The van der Waals surface area contributed by atoms with Crippen molar-refractivity contribution in [2.75, 3.05) is 19.6 Å². The predicted octanol–water partition coefficient (Wildman–Crippen LogP) is 2.57. The zero-order chi connectivity index (χ0) is 15.4. The number of nitro benzene ring substituents is 1. The molecule has 1 atom stereocenters. The smallest absolute Gasteiger partial charge is 0.271 e. The van der Waals surface area contributed by atoms with Gasteiger partial charge in [-0.05, 0) is 32.4 Å². The molecule has 7 heteroatoms. The van der Waals surface area contributed by atoms with Crippen molar-refractivity contribution in [2.45, 2.75) is 25.8 Å². The van der Waals surface area contributed by atoms with Crippen LogP contribution in [0, 0.1) is 10.1 Å². The molecule has 1 aliphatic heterocycles. The number of hydrogen-bond donors (Lipinski definition) is 1. The first-order valence-corrected chi connectivity index (χ1v) is 7.79. The normalized spacial score (nSPS) is 18.3. The van der Waals surface area contributed by atoms with E-state index in [1.54, 1.807) is 11.0 Å². The summed E-state index contributed by atoms with van der Waals surface area (Å²) in [7, 11) is 0. The van der Waals surface area contributed by atoms with Gasteiger partial charge in [-0.1, -0.05) is 15.9 Å². The highest BCUT2D eigenvalue weighted by molar-refractivity contribution is 9.10. The number of rotatable bonds is 4. The van der Waals surface area contributed by atoms with Gasteiger partial charge in [-0.2, -0.15) is 0 Å². The number of benzene rings is 1. The lowest BCUT2D eigenvalue weighted by Crippen LogP contribution is -2.48. The van der Waals surface area contributed by atoms with Crippen LogP contribution >= 0.6 is 15.9 Å². The Morgan fingerprint density at radius 1 is 1.52 bits per heavy atom. The van der Waals surface area contributed by atoms with E-state index in [0.717, 1.165) is 25.9 Å². The maximum atomic E-state index is 12.7. The lowest BCUT2D eigenvalue weighted by atomic mass is 10.0. The molecule has 21 heavy (non-hydrogen) atoms. The molecule has 0 aliphatic carbocycles. The van der Waals surface area contributed by atoms with Crippen molar-refractivity contribution < 1.29 is 9.72 Å². The van der Waals surface area contributed by atoms with Gasteiger partial charge in [0, 0.05) is 41.3 Å². The van der Waals surface area contributed by atoms with Crippen molar-refractivity contribution in [1.29, 1.82) is 0 Å². The molecule has 1 N–H and O–H groups in total. The van der Waals surface area contributed by atoms with Gasteiger partial charge in [0.15, 0.2) is 0 Å². The molecule has 1 aliphatic rings. The van der Waals surface area contributed by atoms with Crippen LogP contribution in [-0.4, -0.2) is 41.4 Å². The molecular weight excluding hydrogens is 338 g/mol. The highest BCUT2D eigenvalue weighted by Crippen LogP contribution is 2.23. The van der Waals surface area contributed by atoms with Gasteiger partial charge in [-0.15, -0.1) is 0 Å². The van der Waals surface area contributed by atoms with Crippen molar-refractivity contribution in [2.24, 2.45) is 0 Å². The summed E-state index contributed by atoms with van der Waals surface area (Å²) in [5.74, 6) is -0.157. The minimum absolute atomic E-state index is 0.0782. The van der Waals surface area contributed by atoms with Gasteiger partial charge in [-0.3, -0.25) is 14.9 Å². The van der Waals surface area contributed by atoms with Gasteiger partial charge in [-0.25, -0.2) is 0 Å². The highest BCUT2D eigenvalue weighted by atomic mass is 79.9. The first-order valence-electron chi connectivity index (χ1n) is 6.99. The van der Waals surface area contributed by atoms with Crippen LogP contribution in [0.25, 0.3) is 0 Å². The maximum Gasteiger partial charge on any atom is 0.271 e. The molecule has 0 bridgehead atoms. The number of amides is 1. The average Bonchev–Trinajstić information content (AvgIpc) is 2.48. The van der Waals surface area contributed by atoms with E-state index < -0.39 is 4.92 Å². The summed E-state index contributed by atoms with van der Waals surface area (Å²) in [4.78, 5) is 24.9. The highest BCUT2D eigenvalue weighted by Gasteiger charge is 2.26. The van der Waals surface area contributed by atoms with Gasteiger partial charge in [0.1, 0.15) is 0 Å². The van der Waals surface area contributed by atoms with Crippen LogP contribution in [0.4, 0.5) is 5.69 Å². The number of piperidine rings is 1. The van der Waals surface area contributed by atoms with Gasteiger partial charge >= 0.3 is 0 Å². The molecular formula is C14H18BrN3O3. The number of non-ortho nitro benzene ring substituents is 1. The molecule has 0 aromatic heterocycles. The molecule has 2 rings (SSSR count). The van der Waals surface area contributed by atoms with E-state index in [4.69, 9.17) is 0 Å². The molecule has 0 radical (unpaired) electrons. The molecule has 1 saturated heterocycles. The fourth-order valence-corrected chi connectivity index (χ4v) is 3.12. The third-order valence-corrected chi connectivity index (χ3v) is 4.11. The van der Waals surface area contributed by atoms with Crippen LogP contribution in [0.2, 0.25) is 0 Å². The summed E-state index contributed by atoms with van der Waals surface area (Å²) in [5, 5.41) is 14.2. The monoisotopic (exact) mass is 355 g/mol. The van der Waals surface area contributed by atoms with Crippen molar-refractivity contribution in [1.82, 2.24) is 10.2 Å². The number of nitrogens with one attached hydrogen (secondary N) is 1. The van der Waals surface area contributed by atoms with Crippen LogP contribution in [0.5, 0.6) is 0 Å². The van der Waals surface area contributed by atoms with Crippen LogP contribution in [-0.2, 0) is 0 Å². The van der Waals surface area contributed by atoms with Crippen LogP contribution in [0.1, 0.15) is 30.1 Å². The van der Waals surface area contributed by atoms with Crippen LogP contribution < -0.4 is 5.32 Å². The number of likely N-dealkylation sites (N-methyl/N-ethyl adjacent to an activating group) is 1. The molecule has 1 unspecified atom stereocenters. The van der Waals surface area contributed by atoms with E-state index in [-0.39, 0.29) is 17.6 Å². The topological polar surface area (TPSA) is 75.5 Å². The largest absolute Gasteiger partial charge is 0.335 e. The van der Waals surface area contributed by atoms with E-state index >= 15 is 0 Å². The summed E-state index contributed by atoms with van der Waals surface area (Å²) < 4.78 is 0.540. The summed E-state index contributed by atoms with van der Waals surface area (Å²) in [5.41, 5.74) is 0.272. The first kappa shape index (κ1) is 15.9. The Morgan fingerprint density at radius 2 is 2.29 bits per heavy atom. The summed E-state index contributed by atoms with van der Waals surface area (Å²) >= 11 is 3.23. The first-order chi connectivity index (χ1) is 10.0. The van der Waals surface area contributed by atoms with Crippen molar-refractivity contribution in [3.05, 3.63) is 38.3 Å². The second-order valence-electron chi connectivity index (χ2n) is 5.05. The Hall–Kier alpha value is -1.47. The minimum atomic E-state index is -0.486. The quantitative estimate of drug-likeness (QED) is 0.665. The Kier molecular flexibility index (Phi) is 5.30. The summed E-state index contributed by atoms with van der Waals surface area (Å²) in [6.07, 6.45) is 2.00. The fourth-order valence-electron chi connectivity index (χ4n) is 2.64. The minimum Gasteiger partial charge on any atom is -0.335 e. The molecule has 6 nitrogen and oxygen atoms in total. The summed E-state index contributed by atoms with van der Waals surface area (Å²) in [6, 6.07) is 4.52. The third-order valence-electron chi connectivity index (χ3n) is 3.65. The van der Waals surface area contributed by atoms with Crippen molar-refractivity contribution >= 4 is 27.5 Å². The zero-order valence-electron chi connectivity index (χ0n) is 11.8. The van der Waals surface area contributed by atoms with E-state index in [1.165, 1.54) is 12.1 Å². The Bertz CT molecular complexity index is 544. The molecule has 114 valence electrons. The second kappa shape index (κ2) is 7.00. The average molecular weight is 356 g/mol. The number of carbonyl (C=O) groups is 1. The van der Waals surface area contributed by atoms with Crippen LogP contribution in [0.15, 0.2) is 22.7 Å². The van der Waals surface area contributed by atoms with Crippen molar-refractivity contribution in [3.63, 3.8) is 0 Å². The fraction of sp³-hybridized carbons (Fsp3) is 0.500. The van der Waals surface area contributed by atoms with Gasteiger partial charge in [0.25, 0.3) is 11.6 Å². The maximum absolute atomic E-state index is 12.7. The van der Waals surface area contributed by atoms with E-state index in [2.05, 4.69) is 21.2 Å². The van der Waals surface area contributed by atoms with E-state index in [1.807, 2.05) is 6.92 Å². The molecule has 1 fully saturated rings. The standard InChI is InChI=1S/C14H18BrN3O3/c1-2-17(12-4-3-5-16-9-12)14(19)10-6-11(15)8-13(7-10)18(20)21/h6-8,12,16H,2-5,9H2,1H3.